The molecule has 13 atom stereocenters. The first kappa shape index (κ1) is 46.9. The molecule has 1 saturated heterocycles. The van der Waals surface area contributed by atoms with Crippen LogP contribution in [0.5, 0.6) is 0 Å². The van der Waals surface area contributed by atoms with Gasteiger partial charge in [0, 0.05) is 31.1 Å². The van der Waals surface area contributed by atoms with Gasteiger partial charge in [-0.15, -0.1) is 0 Å². The van der Waals surface area contributed by atoms with Gasteiger partial charge in [-0.25, -0.2) is 0 Å². The van der Waals surface area contributed by atoms with Crippen LogP contribution in [0.15, 0.2) is 85.1 Å². The SMILES string of the molecule is C[C@@H]1[C@H](O)[C@@H](C)/C=C/C=C/C=C/C=C/C=C/C=C/C=C/CC[C@@H]2O[C@](O)(C[C@@H](O)C[C@@H](O)[C@H](O)CC[C@@H](O)C[C@@H](O)CC(=O)O[C@H]1C)C[C@H](O)[C@H]2C(=O)O. The maximum Gasteiger partial charge on any atom is 0.311 e. The molecule has 1 fully saturated rings. The molecule has 0 unspecified atom stereocenters. The highest BCUT2D eigenvalue weighted by molar-refractivity contribution is 5.71. The molecule has 0 amide bonds. The zero-order chi connectivity index (χ0) is 40.3. The molecule has 0 radical (unpaired) electrons. The summed E-state index contributed by atoms with van der Waals surface area (Å²) < 4.78 is 11.2. The third-order valence-electron chi connectivity index (χ3n) is 9.78. The Kier molecular flexibility index (Phi) is 21.1. The lowest BCUT2D eigenvalue weighted by molar-refractivity contribution is -0.298. The van der Waals surface area contributed by atoms with Crippen LogP contribution in [0.4, 0.5) is 0 Å². The number of carboxylic acids is 1. The largest absolute Gasteiger partial charge is 0.481 e. The van der Waals surface area contributed by atoms with Crippen molar-refractivity contribution in [3.8, 4) is 0 Å². The maximum absolute atomic E-state index is 12.5. The summed E-state index contributed by atoms with van der Waals surface area (Å²) in [5.41, 5.74) is 0. The van der Waals surface area contributed by atoms with Gasteiger partial charge in [0.05, 0.1) is 55.3 Å². The minimum absolute atomic E-state index is 0.0492. The summed E-state index contributed by atoms with van der Waals surface area (Å²) in [4.78, 5) is 24.5. The standard InChI is InChI=1S/C41H62O13/c1-27-18-16-14-12-10-8-6-4-5-7-9-11-13-15-17-19-36-38(40(50)51)35(47)26-41(52,54-36)25-32(44)23-34(46)33(45)21-20-30(42)22-31(43)24-37(48)53-29(3)28(2)39(27)49/h4-16,18,27-36,38-39,42-47,49,52H,17,19-26H2,1-3H3,(H,50,51)/b6-4+,7-5+,10-8+,11-9+,14-12+,15-13+,18-16+/t27-,28-,29-,30+,31+,32-,33+,34+,35-,36-,38+,39+,41+/m0/s1. The number of fused-ring (bicyclic) bond motifs is 2. The van der Waals surface area contributed by atoms with Crippen molar-refractivity contribution < 1.29 is 65.0 Å². The molecule has 13 nitrogen and oxygen atoms in total. The van der Waals surface area contributed by atoms with Crippen LogP contribution in [-0.2, 0) is 19.1 Å². The lowest BCUT2D eigenvalue weighted by Crippen LogP contribution is -2.55. The highest BCUT2D eigenvalue weighted by Crippen LogP contribution is 2.37. The summed E-state index contributed by atoms with van der Waals surface area (Å²) in [5, 5.41) is 94.9. The van der Waals surface area contributed by atoms with Gasteiger partial charge in [0.2, 0.25) is 0 Å². The van der Waals surface area contributed by atoms with Gasteiger partial charge < -0.3 is 55.4 Å². The van der Waals surface area contributed by atoms with E-state index < -0.39 is 110 Å². The first-order valence-corrected chi connectivity index (χ1v) is 18.8. The third kappa shape index (κ3) is 17.5. The molecule has 2 bridgehead atoms. The fourth-order valence-corrected chi connectivity index (χ4v) is 6.50. The van der Waals surface area contributed by atoms with E-state index in [1.807, 2.05) is 73.8 Å². The third-order valence-corrected chi connectivity index (χ3v) is 9.78. The van der Waals surface area contributed by atoms with E-state index in [0.717, 1.165) is 0 Å². The second kappa shape index (κ2) is 24.3. The second-order valence-electron chi connectivity index (χ2n) is 14.5. The van der Waals surface area contributed by atoms with Crippen molar-refractivity contribution >= 4 is 11.9 Å². The van der Waals surface area contributed by atoms with Crippen molar-refractivity contribution in [3.63, 3.8) is 0 Å². The Bertz CT molecular complexity index is 1340. The van der Waals surface area contributed by atoms with Crippen molar-refractivity contribution in [1.29, 1.82) is 0 Å². The molecular formula is C41H62O13. The minimum Gasteiger partial charge on any atom is -0.481 e. The quantitative estimate of drug-likeness (QED) is 0.175. The van der Waals surface area contributed by atoms with Crippen LogP contribution < -0.4 is 0 Å². The molecule has 9 N–H and O–H groups in total. The van der Waals surface area contributed by atoms with Crippen molar-refractivity contribution in [2.24, 2.45) is 17.8 Å². The van der Waals surface area contributed by atoms with Gasteiger partial charge in [-0.2, -0.15) is 0 Å². The lowest BCUT2D eigenvalue weighted by atomic mass is 9.83. The van der Waals surface area contributed by atoms with Gasteiger partial charge >= 0.3 is 11.9 Å². The van der Waals surface area contributed by atoms with E-state index in [9.17, 15) is 55.5 Å². The molecule has 0 aliphatic carbocycles. The predicted octanol–water partition coefficient (Wildman–Crippen LogP) is 2.92. The number of esters is 1. The Balaban J connectivity index is 2.14. The Hall–Kier alpha value is -3.24. The van der Waals surface area contributed by atoms with Crippen molar-refractivity contribution in [3.05, 3.63) is 85.1 Å². The summed E-state index contributed by atoms with van der Waals surface area (Å²) >= 11 is 0. The van der Waals surface area contributed by atoms with Gasteiger partial charge in [0.25, 0.3) is 0 Å². The fraction of sp³-hybridized carbons (Fsp3) is 0.610. The number of aliphatic hydroxyl groups excluding tert-OH is 7. The fourth-order valence-electron chi connectivity index (χ4n) is 6.50. The smallest absolute Gasteiger partial charge is 0.311 e. The summed E-state index contributed by atoms with van der Waals surface area (Å²) in [6, 6.07) is 0. The Morgan fingerprint density at radius 2 is 1.26 bits per heavy atom. The number of allylic oxidation sites excluding steroid dienone is 13. The maximum atomic E-state index is 12.5. The molecule has 304 valence electrons. The summed E-state index contributed by atoms with van der Waals surface area (Å²) in [5.74, 6) is -6.05. The average Bonchev–Trinajstić information content (AvgIpc) is 3.08. The summed E-state index contributed by atoms with van der Waals surface area (Å²) in [6.45, 7) is 5.27. The molecule has 54 heavy (non-hydrogen) atoms. The first-order valence-electron chi connectivity index (χ1n) is 18.8. The molecule has 0 saturated carbocycles. The number of carboxylic acid groups (broad SMARTS) is 1. The number of cyclic esters (lactones) is 1. The molecule has 2 aliphatic rings. The number of carbonyl (C=O) groups is 2. The average molecular weight is 763 g/mol. The van der Waals surface area contributed by atoms with Gasteiger partial charge in [-0.3, -0.25) is 9.59 Å². The second-order valence-corrected chi connectivity index (χ2v) is 14.5. The van der Waals surface area contributed by atoms with E-state index in [-0.39, 0.29) is 31.6 Å². The van der Waals surface area contributed by atoms with E-state index in [4.69, 9.17) is 9.47 Å². The van der Waals surface area contributed by atoms with Crippen LogP contribution in [-0.4, -0.2) is 119 Å². The molecule has 2 rings (SSSR count). The molecule has 0 spiro atoms. The van der Waals surface area contributed by atoms with Gasteiger partial charge in [0.1, 0.15) is 12.0 Å². The van der Waals surface area contributed by atoms with E-state index in [2.05, 4.69) is 0 Å². The van der Waals surface area contributed by atoms with Gasteiger partial charge in [0.15, 0.2) is 5.79 Å². The van der Waals surface area contributed by atoms with Crippen LogP contribution in [0.2, 0.25) is 0 Å². The Morgan fingerprint density at radius 1 is 0.685 bits per heavy atom. The summed E-state index contributed by atoms with van der Waals surface area (Å²) in [6.07, 6.45) is 13.3. The van der Waals surface area contributed by atoms with Crippen molar-refractivity contribution in [2.45, 2.75) is 139 Å². The van der Waals surface area contributed by atoms with Crippen molar-refractivity contribution in [2.75, 3.05) is 0 Å². The van der Waals surface area contributed by atoms with Crippen LogP contribution >= 0.6 is 0 Å². The zero-order valence-electron chi connectivity index (χ0n) is 31.5. The monoisotopic (exact) mass is 762 g/mol. The highest BCUT2D eigenvalue weighted by Gasteiger charge is 2.49. The van der Waals surface area contributed by atoms with E-state index >= 15 is 0 Å². The molecule has 2 aliphatic heterocycles. The molecular weight excluding hydrogens is 700 g/mol. The van der Waals surface area contributed by atoms with Crippen LogP contribution in [0, 0.1) is 17.8 Å². The number of aliphatic hydroxyl groups is 8. The normalized spacial score (nSPS) is 42.3. The van der Waals surface area contributed by atoms with Gasteiger partial charge in [-0.1, -0.05) is 98.9 Å². The highest BCUT2D eigenvalue weighted by atomic mass is 16.6. The van der Waals surface area contributed by atoms with Crippen LogP contribution in [0.1, 0.15) is 78.6 Å². The van der Waals surface area contributed by atoms with Crippen LogP contribution in [0.25, 0.3) is 0 Å². The summed E-state index contributed by atoms with van der Waals surface area (Å²) in [7, 11) is 0. The number of hydrogen-bond donors (Lipinski definition) is 9. The molecule has 2 heterocycles. The number of hydrogen-bond acceptors (Lipinski definition) is 12. The lowest BCUT2D eigenvalue weighted by Gasteiger charge is -2.44. The predicted molar refractivity (Wildman–Crippen MR) is 202 cm³/mol. The first-order chi connectivity index (χ1) is 25.5. The minimum atomic E-state index is -2.10. The molecule has 0 aromatic rings. The Morgan fingerprint density at radius 3 is 1.85 bits per heavy atom. The number of aliphatic carboxylic acids is 1. The molecule has 0 aromatic heterocycles. The molecule has 0 aromatic carbocycles. The number of rotatable bonds is 1. The number of carbonyl (C=O) groups excluding carboxylic acids is 1. The van der Waals surface area contributed by atoms with Crippen molar-refractivity contribution in [1.82, 2.24) is 0 Å². The Labute approximate surface area is 318 Å². The van der Waals surface area contributed by atoms with E-state index in [1.165, 1.54) is 0 Å². The zero-order valence-corrected chi connectivity index (χ0v) is 31.5. The number of ether oxygens (including phenoxy) is 2. The molecule has 13 heteroatoms. The van der Waals surface area contributed by atoms with Gasteiger partial charge in [-0.05, 0) is 39.0 Å². The van der Waals surface area contributed by atoms with E-state index in [1.54, 1.807) is 32.1 Å². The van der Waals surface area contributed by atoms with Crippen LogP contribution in [0.3, 0.4) is 0 Å². The van der Waals surface area contributed by atoms with E-state index in [0.29, 0.717) is 6.42 Å². The topological polar surface area (TPSA) is 235 Å².